The number of fused-ring (bicyclic) bond motifs is 1. The lowest BCUT2D eigenvalue weighted by Crippen LogP contribution is -2.28. The minimum atomic E-state index is -0.429. The average Bonchev–Trinajstić information content (AvgIpc) is 2.70. The van der Waals surface area contributed by atoms with E-state index in [0.29, 0.717) is 24.1 Å². The molecule has 3 N–H and O–H groups in total. The topological polar surface area (TPSA) is 87.3 Å². The molecule has 0 aliphatic heterocycles. The van der Waals surface area contributed by atoms with Gasteiger partial charge in [0.1, 0.15) is 12.8 Å². The fraction of sp³-hybridized carbons (Fsp3) is 0.0476. The van der Waals surface area contributed by atoms with Crippen LogP contribution >= 0.6 is 0 Å². The van der Waals surface area contributed by atoms with Crippen LogP contribution in [0.3, 0.4) is 0 Å². The zero-order valence-corrected chi connectivity index (χ0v) is 14.4. The molecule has 0 saturated carbocycles. The lowest BCUT2D eigenvalue weighted by Gasteiger charge is -2.10. The van der Waals surface area contributed by atoms with E-state index in [1.54, 1.807) is 18.2 Å². The van der Waals surface area contributed by atoms with Gasteiger partial charge in [-0.1, -0.05) is 48.5 Å². The molecule has 27 heavy (non-hydrogen) atoms. The van der Waals surface area contributed by atoms with Gasteiger partial charge in [0.05, 0.1) is 0 Å². The summed E-state index contributed by atoms with van der Waals surface area (Å²) in [5.41, 5.74) is 1.82. The van der Waals surface area contributed by atoms with E-state index >= 15 is 0 Å². The van der Waals surface area contributed by atoms with Gasteiger partial charge in [0.2, 0.25) is 0 Å². The Kier molecular flexibility index (Phi) is 5.79. The number of amides is 3. The highest BCUT2D eigenvalue weighted by molar-refractivity contribution is 5.98. The Morgan fingerprint density at radius 1 is 0.926 bits per heavy atom. The summed E-state index contributed by atoms with van der Waals surface area (Å²) < 4.78 is 0. The second kappa shape index (κ2) is 8.62. The molecule has 0 aliphatic carbocycles. The third kappa shape index (κ3) is 4.70. The van der Waals surface area contributed by atoms with E-state index in [1.807, 2.05) is 42.5 Å². The van der Waals surface area contributed by atoms with Gasteiger partial charge in [-0.2, -0.15) is 0 Å². The third-order valence-corrected chi connectivity index (χ3v) is 3.98. The molecule has 0 unspecified atom stereocenters. The predicted octanol–water partition coefficient (Wildman–Crippen LogP) is 3.25. The fourth-order valence-electron chi connectivity index (χ4n) is 2.73. The van der Waals surface area contributed by atoms with Crippen LogP contribution in [0, 0.1) is 6.54 Å². The van der Waals surface area contributed by atoms with Gasteiger partial charge in [-0.25, -0.2) is 4.79 Å². The second-order valence-electron chi connectivity index (χ2n) is 5.80. The summed E-state index contributed by atoms with van der Waals surface area (Å²) >= 11 is 0. The van der Waals surface area contributed by atoms with Gasteiger partial charge in [-0.05, 0) is 34.5 Å². The van der Waals surface area contributed by atoms with Crippen molar-refractivity contribution < 1.29 is 14.4 Å². The largest absolute Gasteiger partial charge is 0.340 e. The maximum Gasteiger partial charge on any atom is 0.319 e. The van der Waals surface area contributed by atoms with E-state index in [9.17, 15) is 14.4 Å². The number of hydrogen-bond donors (Lipinski definition) is 3. The number of nitrogens with one attached hydrogen (secondary N) is 3. The van der Waals surface area contributed by atoms with Crippen molar-refractivity contribution in [2.45, 2.75) is 6.54 Å². The Morgan fingerprint density at radius 3 is 2.56 bits per heavy atom. The van der Waals surface area contributed by atoms with Crippen molar-refractivity contribution >= 4 is 34.7 Å². The van der Waals surface area contributed by atoms with Gasteiger partial charge in [-0.15, -0.1) is 0 Å². The molecule has 0 aromatic heterocycles. The molecule has 6 heteroatoms. The van der Waals surface area contributed by atoms with Gasteiger partial charge in [0, 0.05) is 17.8 Å². The van der Waals surface area contributed by atoms with E-state index in [4.69, 9.17) is 0 Å². The molecular weight excluding hydrogens is 342 g/mol. The van der Waals surface area contributed by atoms with Crippen LogP contribution in [-0.2, 0) is 11.3 Å². The summed E-state index contributed by atoms with van der Waals surface area (Å²) in [4.78, 5) is 34.3. The highest BCUT2D eigenvalue weighted by atomic mass is 16.2. The maximum absolute atomic E-state index is 12.2. The Morgan fingerprint density at radius 2 is 1.70 bits per heavy atom. The number of anilines is 1. The molecule has 0 fully saturated rings. The number of carbonyl (C=O) groups excluding carboxylic acids is 3. The lowest BCUT2D eigenvalue weighted by atomic mass is 10.0. The Bertz CT molecular complexity index is 980. The Balaban J connectivity index is 1.62. The SMILES string of the molecule is O=C[CH]NC(=O)c1cccc(NC(=O)NCc2cccc3ccccc23)c1. The first-order valence-electron chi connectivity index (χ1n) is 8.37. The molecule has 0 saturated heterocycles. The van der Waals surface area contributed by atoms with E-state index in [2.05, 4.69) is 16.0 Å². The van der Waals surface area contributed by atoms with E-state index in [0.717, 1.165) is 22.9 Å². The molecule has 3 aromatic rings. The zero-order valence-electron chi connectivity index (χ0n) is 14.4. The Labute approximate surface area is 156 Å². The summed E-state index contributed by atoms with van der Waals surface area (Å²) in [5.74, 6) is -0.429. The van der Waals surface area contributed by atoms with Crippen LogP contribution in [0.4, 0.5) is 10.5 Å². The fourth-order valence-corrected chi connectivity index (χ4v) is 2.73. The highest BCUT2D eigenvalue weighted by Crippen LogP contribution is 2.18. The summed E-state index contributed by atoms with van der Waals surface area (Å²) in [6, 6.07) is 20.0. The van der Waals surface area contributed by atoms with Crippen LogP contribution in [0.2, 0.25) is 0 Å². The van der Waals surface area contributed by atoms with E-state index < -0.39 is 5.91 Å². The van der Waals surface area contributed by atoms with Crippen molar-refractivity contribution in [2.24, 2.45) is 0 Å². The number of aldehydes is 1. The van der Waals surface area contributed by atoms with Crippen molar-refractivity contribution in [1.82, 2.24) is 10.6 Å². The van der Waals surface area contributed by atoms with E-state index in [-0.39, 0.29) is 6.03 Å². The molecule has 0 heterocycles. The molecule has 0 spiro atoms. The third-order valence-electron chi connectivity index (χ3n) is 3.98. The highest BCUT2D eigenvalue weighted by Gasteiger charge is 2.08. The number of urea groups is 1. The first kappa shape index (κ1) is 18.1. The number of benzene rings is 3. The van der Waals surface area contributed by atoms with Gasteiger partial charge in [-0.3, -0.25) is 4.79 Å². The number of rotatable bonds is 6. The molecule has 135 valence electrons. The minimum Gasteiger partial charge on any atom is -0.340 e. The van der Waals surface area contributed by atoms with Gasteiger partial charge >= 0.3 is 6.03 Å². The molecule has 3 rings (SSSR count). The quantitative estimate of drug-likeness (QED) is 0.590. The molecule has 3 aromatic carbocycles. The number of carbonyl (C=O) groups is 3. The predicted molar refractivity (Wildman–Crippen MR) is 104 cm³/mol. The second-order valence-corrected chi connectivity index (χ2v) is 5.80. The van der Waals surface area contributed by atoms with Crippen molar-refractivity contribution in [3.8, 4) is 0 Å². The van der Waals surface area contributed by atoms with Crippen LogP contribution in [0.1, 0.15) is 15.9 Å². The van der Waals surface area contributed by atoms with Crippen LogP contribution < -0.4 is 16.0 Å². The average molecular weight is 360 g/mol. The molecule has 3 amide bonds. The summed E-state index contributed by atoms with van der Waals surface area (Å²) in [6.45, 7) is 1.39. The molecule has 0 aliphatic rings. The van der Waals surface area contributed by atoms with E-state index in [1.165, 1.54) is 6.07 Å². The smallest absolute Gasteiger partial charge is 0.319 e. The van der Waals surface area contributed by atoms with Crippen LogP contribution in [0.5, 0.6) is 0 Å². The molecule has 1 radical (unpaired) electrons. The van der Waals surface area contributed by atoms with Crippen molar-refractivity contribution in [2.75, 3.05) is 5.32 Å². The van der Waals surface area contributed by atoms with Gasteiger partial charge in [0.15, 0.2) is 0 Å². The van der Waals surface area contributed by atoms with Crippen molar-refractivity contribution in [1.29, 1.82) is 0 Å². The summed E-state index contributed by atoms with van der Waals surface area (Å²) in [6.07, 6.45) is 0.487. The first-order chi connectivity index (χ1) is 13.2. The monoisotopic (exact) mass is 360 g/mol. The number of hydrogen-bond acceptors (Lipinski definition) is 3. The normalized spacial score (nSPS) is 10.2. The summed E-state index contributed by atoms with van der Waals surface area (Å²) in [7, 11) is 0. The van der Waals surface area contributed by atoms with Crippen LogP contribution in [-0.4, -0.2) is 18.2 Å². The Hall–Kier alpha value is -3.67. The van der Waals surface area contributed by atoms with Crippen LogP contribution in [0.25, 0.3) is 10.8 Å². The molecule has 0 atom stereocenters. The maximum atomic E-state index is 12.2. The van der Waals surface area contributed by atoms with Gasteiger partial charge < -0.3 is 20.7 Å². The minimum absolute atomic E-state index is 0.333. The van der Waals surface area contributed by atoms with Crippen molar-refractivity contribution in [3.63, 3.8) is 0 Å². The van der Waals surface area contributed by atoms with Crippen LogP contribution in [0.15, 0.2) is 66.7 Å². The standard InChI is InChI=1S/C21H18N3O3/c25-12-11-22-20(26)16-7-4-9-18(13-16)24-21(27)23-14-17-8-3-6-15-5-1-2-10-19(15)17/h1-13H,14H2,(H,22,26)(H2,23,24,27). The molecular formula is C21H18N3O3. The zero-order chi connectivity index (χ0) is 19.1. The molecule has 0 bridgehead atoms. The van der Waals surface area contributed by atoms with Crippen molar-refractivity contribution in [3.05, 3.63) is 84.4 Å². The van der Waals surface area contributed by atoms with Gasteiger partial charge in [0.25, 0.3) is 5.91 Å². The lowest BCUT2D eigenvalue weighted by molar-refractivity contribution is -0.105. The molecule has 6 nitrogen and oxygen atoms in total. The summed E-state index contributed by atoms with van der Waals surface area (Å²) in [5, 5.41) is 10.1. The first-order valence-corrected chi connectivity index (χ1v) is 8.37.